The number of methoxy groups -OCH3 is 1. The van der Waals surface area contributed by atoms with Gasteiger partial charge in [0.2, 0.25) is 0 Å². The lowest BCUT2D eigenvalue weighted by atomic mass is 9.95. The summed E-state index contributed by atoms with van der Waals surface area (Å²) in [6.07, 6.45) is 0. The molecule has 0 saturated carbocycles. The van der Waals surface area contributed by atoms with E-state index in [0.717, 1.165) is 15.8 Å². The van der Waals surface area contributed by atoms with Gasteiger partial charge in [0.25, 0.3) is 5.78 Å². The summed E-state index contributed by atoms with van der Waals surface area (Å²) < 4.78 is 12.2. The Balaban J connectivity index is 1.47. The van der Waals surface area contributed by atoms with E-state index in [4.69, 9.17) is 9.47 Å². The lowest BCUT2D eigenvalue weighted by molar-refractivity contribution is -0.132. The highest BCUT2D eigenvalue weighted by atomic mass is 32.1. The first kappa shape index (κ1) is 26.3. The Bertz CT molecular complexity index is 1790. The molecule has 0 spiro atoms. The smallest absolute Gasteiger partial charge is 0.301 e. The van der Waals surface area contributed by atoms with Crippen LogP contribution in [0, 0.1) is 6.92 Å². The van der Waals surface area contributed by atoms with Crippen molar-refractivity contribution in [3.63, 3.8) is 0 Å². The summed E-state index contributed by atoms with van der Waals surface area (Å²) in [4.78, 5) is 33.3. The van der Waals surface area contributed by atoms with Crippen LogP contribution in [0.3, 0.4) is 0 Å². The van der Waals surface area contributed by atoms with Crippen LogP contribution in [0.1, 0.15) is 28.3 Å². The second-order valence-corrected chi connectivity index (χ2v) is 10.7. The second-order valence-electron chi connectivity index (χ2n) is 9.71. The van der Waals surface area contributed by atoms with Crippen LogP contribution in [-0.4, -0.2) is 28.9 Å². The van der Waals surface area contributed by atoms with Gasteiger partial charge in [-0.1, -0.05) is 83.6 Å². The summed E-state index contributed by atoms with van der Waals surface area (Å²) in [5.74, 6) is -0.546. The maximum absolute atomic E-state index is 13.6. The third kappa shape index (κ3) is 5.05. The number of fused-ring (bicyclic) bond motifs is 1. The summed E-state index contributed by atoms with van der Waals surface area (Å²) in [6, 6.07) is 28.7. The average molecular weight is 563 g/mol. The Morgan fingerprint density at radius 2 is 1.71 bits per heavy atom. The molecule has 1 saturated heterocycles. The molecule has 1 aliphatic heterocycles. The zero-order valence-corrected chi connectivity index (χ0v) is 23.2. The van der Waals surface area contributed by atoms with E-state index in [9.17, 15) is 14.7 Å². The van der Waals surface area contributed by atoms with E-state index in [1.807, 2.05) is 79.7 Å². The van der Waals surface area contributed by atoms with Gasteiger partial charge in [0.05, 0.1) is 28.9 Å². The summed E-state index contributed by atoms with van der Waals surface area (Å²) in [5, 5.41) is 11.8. The summed E-state index contributed by atoms with van der Waals surface area (Å²) in [6.45, 7) is 2.29. The molecule has 1 amide bonds. The van der Waals surface area contributed by atoms with E-state index in [1.54, 1.807) is 31.4 Å². The molecule has 1 atom stereocenters. The number of Topliss-reactive ketones (excluding diaryl/α,β-unsaturated/α-hetero) is 1. The van der Waals surface area contributed by atoms with Gasteiger partial charge in [-0.3, -0.25) is 14.5 Å². The molecule has 0 radical (unpaired) electrons. The van der Waals surface area contributed by atoms with E-state index < -0.39 is 17.7 Å². The van der Waals surface area contributed by atoms with Crippen LogP contribution < -0.4 is 14.4 Å². The number of hydrogen-bond acceptors (Lipinski definition) is 7. The minimum atomic E-state index is -0.918. The Morgan fingerprint density at radius 3 is 2.46 bits per heavy atom. The Labute approximate surface area is 240 Å². The fourth-order valence-electron chi connectivity index (χ4n) is 4.85. The fourth-order valence-corrected chi connectivity index (χ4v) is 5.87. The summed E-state index contributed by atoms with van der Waals surface area (Å²) in [7, 11) is 1.58. The number of benzene rings is 4. The molecule has 0 aliphatic carbocycles. The number of amides is 1. The van der Waals surface area contributed by atoms with Gasteiger partial charge in [0, 0.05) is 5.56 Å². The lowest BCUT2D eigenvalue weighted by Crippen LogP contribution is -2.29. The van der Waals surface area contributed by atoms with E-state index >= 15 is 0 Å². The van der Waals surface area contributed by atoms with E-state index in [1.165, 1.54) is 16.2 Å². The van der Waals surface area contributed by atoms with Crippen LogP contribution in [0.15, 0.2) is 103 Å². The number of ketones is 1. The van der Waals surface area contributed by atoms with E-state index in [2.05, 4.69) is 4.98 Å². The third-order valence-electron chi connectivity index (χ3n) is 6.98. The van der Waals surface area contributed by atoms with E-state index in [-0.39, 0.29) is 11.3 Å². The first-order chi connectivity index (χ1) is 19.9. The number of aryl methyl sites for hydroxylation is 1. The van der Waals surface area contributed by atoms with Crippen LogP contribution in [0.5, 0.6) is 11.5 Å². The number of aromatic nitrogens is 1. The molecular formula is C33H26N2O5S. The molecule has 8 heteroatoms. The SMILES string of the molecule is COc1ccc2nc(N3C(=O)C(=O)C(=C(O)c4ccc(C)cc4)C3c3cccc(OCc4ccccc4)c3)sc2c1. The molecule has 0 bridgehead atoms. The van der Waals surface area contributed by atoms with Gasteiger partial charge >= 0.3 is 5.91 Å². The minimum Gasteiger partial charge on any atom is -0.507 e. The quantitative estimate of drug-likeness (QED) is 0.133. The van der Waals surface area contributed by atoms with Crippen molar-refractivity contribution in [1.82, 2.24) is 4.98 Å². The molecule has 1 N–H and O–H groups in total. The topological polar surface area (TPSA) is 89.0 Å². The van der Waals surface area contributed by atoms with Gasteiger partial charge in [0.1, 0.15) is 23.9 Å². The monoisotopic (exact) mass is 562 g/mol. The number of carbonyl (C=O) groups excluding carboxylic acids is 2. The predicted octanol–water partition coefficient (Wildman–Crippen LogP) is 6.82. The number of aliphatic hydroxyl groups is 1. The van der Waals surface area contributed by atoms with Crippen molar-refractivity contribution < 1.29 is 24.2 Å². The predicted molar refractivity (Wildman–Crippen MR) is 159 cm³/mol. The number of rotatable bonds is 7. The Hall–Kier alpha value is -4.95. The second kappa shape index (κ2) is 10.9. The van der Waals surface area contributed by atoms with E-state index in [0.29, 0.717) is 39.9 Å². The van der Waals surface area contributed by atoms with Crippen LogP contribution in [0.4, 0.5) is 5.13 Å². The summed E-state index contributed by atoms with van der Waals surface area (Å²) in [5.41, 5.74) is 3.74. The van der Waals surface area contributed by atoms with Crippen LogP contribution in [0.2, 0.25) is 0 Å². The number of nitrogens with zero attached hydrogens (tertiary/aromatic N) is 2. The normalized spacial score (nSPS) is 16.3. The zero-order valence-electron chi connectivity index (χ0n) is 22.4. The van der Waals surface area contributed by atoms with Gasteiger partial charge in [-0.15, -0.1) is 0 Å². The Morgan fingerprint density at radius 1 is 0.927 bits per heavy atom. The molecule has 2 heterocycles. The van der Waals surface area contributed by atoms with Crippen LogP contribution in [0.25, 0.3) is 16.0 Å². The maximum atomic E-state index is 13.6. The first-order valence-electron chi connectivity index (χ1n) is 13.0. The largest absolute Gasteiger partial charge is 0.507 e. The van der Waals surface area contributed by atoms with Crippen molar-refractivity contribution in [2.24, 2.45) is 0 Å². The number of anilines is 1. The third-order valence-corrected chi connectivity index (χ3v) is 8.00. The maximum Gasteiger partial charge on any atom is 0.301 e. The highest BCUT2D eigenvalue weighted by Gasteiger charge is 2.48. The minimum absolute atomic E-state index is 0.00380. The van der Waals surface area contributed by atoms with Gasteiger partial charge in [-0.2, -0.15) is 0 Å². The highest BCUT2D eigenvalue weighted by Crippen LogP contribution is 2.45. The van der Waals surface area contributed by atoms with Gasteiger partial charge in [0.15, 0.2) is 5.13 Å². The molecule has 6 rings (SSSR count). The van der Waals surface area contributed by atoms with Gasteiger partial charge in [-0.25, -0.2) is 4.98 Å². The molecule has 1 aromatic heterocycles. The average Bonchev–Trinajstić information content (AvgIpc) is 3.54. The van der Waals surface area contributed by atoms with Crippen LogP contribution in [-0.2, 0) is 16.2 Å². The van der Waals surface area contributed by atoms with Crippen molar-refractivity contribution in [3.8, 4) is 11.5 Å². The standard InChI is InChI=1S/C33H26N2O5S/c1-20-11-13-22(14-12-20)30(36)28-29(23-9-6-10-25(17-23)40-19-21-7-4-3-5-8-21)35(32(38)31(28)37)33-34-26-16-15-24(39-2)18-27(26)41-33/h3-18,29,36H,19H2,1-2H3. The molecule has 1 aliphatic rings. The fraction of sp³-hybridized carbons (Fsp3) is 0.121. The van der Waals surface area contributed by atoms with Crippen LogP contribution >= 0.6 is 11.3 Å². The number of hydrogen-bond donors (Lipinski definition) is 1. The number of carbonyl (C=O) groups is 2. The Kier molecular flexibility index (Phi) is 6.99. The van der Waals surface area contributed by atoms with Crippen molar-refractivity contribution in [2.75, 3.05) is 12.0 Å². The number of ether oxygens (including phenoxy) is 2. The van der Waals surface area contributed by atoms with Gasteiger partial charge in [-0.05, 0) is 48.4 Å². The molecule has 7 nitrogen and oxygen atoms in total. The van der Waals surface area contributed by atoms with Gasteiger partial charge < -0.3 is 14.6 Å². The van der Waals surface area contributed by atoms with Crippen molar-refractivity contribution in [2.45, 2.75) is 19.6 Å². The number of aliphatic hydroxyl groups excluding tert-OH is 1. The van der Waals surface area contributed by atoms with Crippen molar-refractivity contribution in [1.29, 1.82) is 0 Å². The molecule has 4 aromatic carbocycles. The summed E-state index contributed by atoms with van der Waals surface area (Å²) >= 11 is 1.28. The molecular weight excluding hydrogens is 536 g/mol. The first-order valence-corrected chi connectivity index (χ1v) is 13.8. The van der Waals surface area contributed by atoms with Crippen molar-refractivity contribution in [3.05, 3.63) is 125 Å². The number of thiazole rings is 1. The molecule has 204 valence electrons. The lowest BCUT2D eigenvalue weighted by Gasteiger charge is -2.23. The van der Waals surface area contributed by atoms with Crippen molar-refractivity contribution >= 4 is 44.1 Å². The zero-order chi connectivity index (χ0) is 28.5. The molecule has 1 unspecified atom stereocenters. The molecule has 5 aromatic rings. The molecule has 41 heavy (non-hydrogen) atoms. The molecule has 1 fully saturated rings. The highest BCUT2D eigenvalue weighted by molar-refractivity contribution is 7.22.